The highest BCUT2D eigenvalue weighted by Crippen LogP contribution is 2.32. The summed E-state index contributed by atoms with van der Waals surface area (Å²) in [4.78, 5) is 23.3. The summed E-state index contributed by atoms with van der Waals surface area (Å²) in [6.07, 6.45) is 2.42. The van der Waals surface area contributed by atoms with Crippen LogP contribution in [0.25, 0.3) is 0 Å². The zero-order valence-corrected chi connectivity index (χ0v) is 9.79. The van der Waals surface area contributed by atoms with E-state index in [1.165, 1.54) is 0 Å². The summed E-state index contributed by atoms with van der Waals surface area (Å²) >= 11 is 0. The number of rotatable bonds is 4. The van der Waals surface area contributed by atoms with Crippen molar-refractivity contribution in [1.82, 2.24) is 0 Å². The molecule has 3 heteroatoms. The lowest BCUT2D eigenvalue weighted by atomic mass is 9.94. The van der Waals surface area contributed by atoms with Crippen molar-refractivity contribution in [2.75, 3.05) is 6.61 Å². The molecule has 3 nitrogen and oxygen atoms in total. The second-order valence-corrected chi connectivity index (χ2v) is 4.61. The first-order valence-corrected chi connectivity index (χ1v) is 5.76. The Hall–Kier alpha value is -0.860. The van der Waals surface area contributed by atoms with Gasteiger partial charge in [0.1, 0.15) is 11.7 Å². The Balaban J connectivity index is 2.52. The predicted octanol–water partition coefficient (Wildman–Crippen LogP) is 2.19. The van der Waals surface area contributed by atoms with E-state index in [2.05, 4.69) is 13.8 Å². The Labute approximate surface area is 91.2 Å². The summed E-state index contributed by atoms with van der Waals surface area (Å²) in [5, 5.41) is 0. The molecule has 15 heavy (non-hydrogen) atoms. The first-order chi connectivity index (χ1) is 7.06. The Kier molecular flexibility index (Phi) is 4.30. The Bertz CT molecular complexity index is 245. The Morgan fingerprint density at radius 1 is 1.47 bits per heavy atom. The molecule has 1 aliphatic rings. The van der Waals surface area contributed by atoms with Crippen molar-refractivity contribution >= 4 is 11.8 Å². The molecule has 1 rings (SSSR count). The van der Waals surface area contributed by atoms with Gasteiger partial charge in [-0.2, -0.15) is 0 Å². The third kappa shape index (κ3) is 3.05. The van der Waals surface area contributed by atoms with Crippen LogP contribution < -0.4 is 0 Å². The number of Topliss-reactive ketones (excluding diaryl/α,β-unsaturated/α-hetero) is 1. The SMILES string of the molecule is CCOC(=O)[C@@H]1CC[C@@H](CC(C)C)C1=O. The lowest BCUT2D eigenvalue weighted by Gasteiger charge is -2.11. The number of hydrogen-bond donors (Lipinski definition) is 0. The molecule has 1 aliphatic carbocycles. The molecular weight excluding hydrogens is 192 g/mol. The largest absolute Gasteiger partial charge is 0.465 e. The zero-order valence-electron chi connectivity index (χ0n) is 9.79. The van der Waals surface area contributed by atoms with Gasteiger partial charge < -0.3 is 4.74 Å². The topological polar surface area (TPSA) is 43.4 Å². The van der Waals surface area contributed by atoms with Crippen molar-refractivity contribution in [2.45, 2.75) is 40.0 Å². The highest BCUT2D eigenvalue weighted by molar-refractivity contribution is 6.01. The summed E-state index contributed by atoms with van der Waals surface area (Å²) in [6.45, 7) is 6.33. The molecule has 0 unspecified atom stereocenters. The van der Waals surface area contributed by atoms with Gasteiger partial charge in [-0.05, 0) is 32.1 Å². The van der Waals surface area contributed by atoms with E-state index in [9.17, 15) is 9.59 Å². The summed E-state index contributed by atoms with van der Waals surface area (Å²) < 4.78 is 4.89. The highest BCUT2D eigenvalue weighted by Gasteiger charge is 2.39. The van der Waals surface area contributed by atoms with Gasteiger partial charge in [0.05, 0.1) is 6.61 Å². The normalized spacial score (nSPS) is 26.0. The van der Waals surface area contributed by atoms with Crippen molar-refractivity contribution in [3.05, 3.63) is 0 Å². The van der Waals surface area contributed by atoms with Gasteiger partial charge in [-0.3, -0.25) is 9.59 Å². The number of carbonyl (C=O) groups excluding carboxylic acids is 2. The van der Waals surface area contributed by atoms with Crippen molar-refractivity contribution in [2.24, 2.45) is 17.8 Å². The van der Waals surface area contributed by atoms with Gasteiger partial charge in [0.25, 0.3) is 0 Å². The van der Waals surface area contributed by atoms with Gasteiger partial charge in [0.15, 0.2) is 0 Å². The van der Waals surface area contributed by atoms with E-state index in [1.54, 1.807) is 6.92 Å². The third-order valence-electron chi connectivity index (χ3n) is 2.88. The average molecular weight is 212 g/mol. The van der Waals surface area contributed by atoms with E-state index < -0.39 is 5.92 Å². The second kappa shape index (κ2) is 5.29. The molecular formula is C12H20O3. The van der Waals surface area contributed by atoms with Crippen molar-refractivity contribution in [1.29, 1.82) is 0 Å². The Morgan fingerprint density at radius 3 is 2.67 bits per heavy atom. The number of ether oxygens (including phenoxy) is 1. The van der Waals surface area contributed by atoms with Crippen LogP contribution in [0.4, 0.5) is 0 Å². The molecule has 0 radical (unpaired) electrons. The van der Waals surface area contributed by atoms with Crippen molar-refractivity contribution in [3.8, 4) is 0 Å². The van der Waals surface area contributed by atoms with Crippen LogP contribution in [-0.4, -0.2) is 18.4 Å². The fraction of sp³-hybridized carbons (Fsp3) is 0.833. The molecule has 0 aromatic rings. The lowest BCUT2D eigenvalue weighted by Crippen LogP contribution is -2.24. The van der Waals surface area contributed by atoms with E-state index in [4.69, 9.17) is 4.74 Å². The van der Waals surface area contributed by atoms with Gasteiger partial charge in [0.2, 0.25) is 0 Å². The van der Waals surface area contributed by atoms with Crippen LogP contribution in [0.1, 0.15) is 40.0 Å². The van der Waals surface area contributed by atoms with Gasteiger partial charge in [-0.15, -0.1) is 0 Å². The molecule has 0 bridgehead atoms. The van der Waals surface area contributed by atoms with E-state index >= 15 is 0 Å². The van der Waals surface area contributed by atoms with Gasteiger partial charge in [0, 0.05) is 5.92 Å². The molecule has 0 aromatic carbocycles. The first kappa shape index (κ1) is 12.2. The molecule has 1 fully saturated rings. The lowest BCUT2D eigenvalue weighted by molar-refractivity contribution is -0.151. The van der Waals surface area contributed by atoms with Crippen LogP contribution in [0, 0.1) is 17.8 Å². The van der Waals surface area contributed by atoms with Crippen LogP contribution in [0.3, 0.4) is 0 Å². The van der Waals surface area contributed by atoms with Crippen LogP contribution >= 0.6 is 0 Å². The van der Waals surface area contributed by atoms with Crippen LogP contribution in [0.5, 0.6) is 0 Å². The maximum Gasteiger partial charge on any atom is 0.316 e. The van der Waals surface area contributed by atoms with Crippen LogP contribution in [-0.2, 0) is 14.3 Å². The summed E-state index contributed by atoms with van der Waals surface area (Å²) in [5.41, 5.74) is 0. The summed E-state index contributed by atoms with van der Waals surface area (Å²) in [5.74, 6) is -0.107. The minimum absolute atomic E-state index is 0.0828. The molecule has 1 saturated carbocycles. The van der Waals surface area contributed by atoms with E-state index in [1.807, 2.05) is 0 Å². The highest BCUT2D eigenvalue weighted by atomic mass is 16.5. The molecule has 0 aliphatic heterocycles. The number of ketones is 1. The van der Waals surface area contributed by atoms with E-state index in [-0.39, 0.29) is 17.7 Å². The summed E-state index contributed by atoms with van der Waals surface area (Å²) in [7, 11) is 0. The maximum atomic E-state index is 11.9. The fourth-order valence-corrected chi connectivity index (χ4v) is 2.22. The van der Waals surface area contributed by atoms with Crippen molar-refractivity contribution in [3.63, 3.8) is 0 Å². The number of esters is 1. The molecule has 86 valence electrons. The minimum atomic E-state index is -0.478. The monoisotopic (exact) mass is 212 g/mol. The number of hydrogen-bond acceptors (Lipinski definition) is 3. The van der Waals surface area contributed by atoms with Gasteiger partial charge >= 0.3 is 5.97 Å². The van der Waals surface area contributed by atoms with Crippen molar-refractivity contribution < 1.29 is 14.3 Å². The van der Waals surface area contributed by atoms with Crippen LogP contribution in [0.15, 0.2) is 0 Å². The molecule has 0 N–H and O–H groups in total. The third-order valence-corrected chi connectivity index (χ3v) is 2.88. The number of carbonyl (C=O) groups is 2. The zero-order chi connectivity index (χ0) is 11.4. The smallest absolute Gasteiger partial charge is 0.316 e. The predicted molar refractivity (Wildman–Crippen MR) is 57.3 cm³/mol. The average Bonchev–Trinajstić information content (AvgIpc) is 2.48. The molecule has 0 aromatic heterocycles. The molecule has 0 amide bonds. The van der Waals surface area contributed by atoms with Gasteiger partial charge in [-0.25, -0.2) is 0 Å². The summed E-state index contributed by atoms with van der Waals surface area (Å²) in [6, 6.07) is 0. The van der Waals surface area contributed by atoms with E-state index in [0.29, 0.717) is 18.9 Å². The fourth-order valence-electron chi connectivity index (χ4n) is 2.22. The standard InChI is InChI=1S/C12H20O3/c1-4-15-12(14)10-6-5-9(11(10)13)7-8(2)3/h8-10H,4-7H2,1-3H3/t9-,10+/m0/s1. The quantitative estimate of drug-likeness (QED) is 0.530. The Morgan fingerprint density at radius 2 is 2.13 bits per heavy atom. The van der Waals surface area contributed by atoms with Gasteiger partial charge in [-0.1, -0.05) is 13.8 Å². The second-order valence-electron chi connectivity index (χ2n) is 4.61. The first-order valence-electron chi connectivity index (χ1n) is 5.76. The maximum absolute atomic E-state index is 11.9. The molecule has 0 saturated heterocycles. The minimum Gasteiger partial charge on any atom is -0.465 e. The molecule has 2 atom stereocenters. The molecule has 0 spiro atoms. The molecule has 0 heterocycles. The van der Waals surface area contributed by atoms with E-state index in [0.717, 1.165) is 12.8 Å². The van der Waals surface area contributed by atoms with Crippen LogP contribution in [0.2, 0.25) is 0 Å².